The van der Waals surface area contributed by atoms with Crippen LogP contribution < -0.4 is 5.32 Å². The van der Waals surface area contributed by atoms with Crippen LogP contribution in [0.25, 0.3) is 22.6 Å². The molecule has 0 spiro atoms. The van der Waals surface area contributed by atoms with E-state index in [1.165, 1.54) is 0 Å². The van der Waals surface area contributed by atoms with E-state index in [0.29, 0.717) is 5.56 Å². The summed E-state index contributed by atoms with van der Waals surface area (Å²) in [4.78, 5) is 21.2. The van der Waals surface area contributed by atoms with Gasteiger partial charge in [0.25, 0.3) is 0 Å². The van der Waals surface area contributed by atoms with Crippen LogP contribution in [-0.4, -0.2) is 39.3 Å². The summed E-state index contributed by atoms with van der Waals surface area (Å²) < 4.78 is 2.05. The number of anilines is 1. The summed E-state index contributed by atoms with van der Waals surface area (Å²) in [5.41, 5.74) is 3.90. The average molecular weight is 390 g/mol. The molecule has 0 saturated carbocycles. The van der Waals surface area contributed by atoms with Gasteiger partial charge in [-0.25, -0.2) is 0 Å². The van der Waals surface area contributed by atoms with E-state index in [9.17, 15) is 4.79 Å². The Morgan fingerprint density at radius 1 is 1.24 bits per heavy atom. The van der Waals surface area contributed by atoms with E-state index >= 15 is 0 Å². The molecule has 0 fully saturated rings. The number of nitrogens with zero attached hydrogens (tertiary/aromatic N) is 2. The number of aromatic nitrogens is 3. The molecule has 152 valence electrons. The van der Waals surface area contributed by atoms with Gasteiger partial charge in [0.2, 0.25) is 0 Å². The number of Topliss-reactive ketones (excluding diaryl/α,β-unsaturated/α-hetero) is 1. The molecule has 2 N–H and O–H groups in total. The van der Waals surface area contributed by atoms with Gasteiger partial charge in [-0.15, -0.1) is 0 Å². The third kappa shape index (κ3) is 4.21. The molecule has 0 aliphatic rings. The summed E-state index contributed by atoms with van der Waals surface area (Å²) in [5.74, 6) is 2.81. The topological polar surface area (TPSA) is 62.7 Å². The third-order valence-corrected chi connectivity index (χ3v) is 5.59. The fourth-order valence-corrected chi connectivity index (χ4v) is 3.45. The monoisotopic (exact) mass is 390 g/mol. The molecule has 0 aliphatic carbocycles. The van der Waals surface area contributed by atoms with Gasteiger partial charge in [-0.2, -0.15) is 0 Å². The average Bonchev–Trinajstić information content (AvgIpc) is 3.20. The zero-order valence-electron chi connectivity index (χ0n) is 18.6. The SMILES string of the molecule is B=CC(C)C(C)(C)C(=O)c1ccc2nc(-c3cc(NC(C)(C)C)cn3C)[nH]c2c1. The number of carbonyl (C=O) groups excluding carboxylic acids is 1. The number of imidazole rings is 1. The standard InChI is InChI=1S/C23H31BN4O/c1-14(12-24)23(5,6)20(29)15-8-9-17-18(10-15)26-21(25-17)19-11-16(13-28(19)7)27-22(2,3)4/h8-14,24,27H,1-7H3,(H,25,26). The van der Waals surface area contributed by atoms with Crippen LogP contribution >= 0.6 is 0 Å². The maximum atomic E-state index is 13.1. The van der Waals surface area contributed by atoms with Crippen LogP contribution in [0.4, 0.5) is 5.69 Å². The third-order valence-electron chi connectivity index (χ3n) is 5.59. The Bertz CT molecular complexity index is 1070. The summed E-state index contributed by atoms with van der Waals surface area (Å²) in [7, 11) is 5.85. The van der Waals surface area contributed by atoms with Crippen LogP contribution in [0.1, 0.15) is 51.9 Å². The number of ketones is 1. The fourth-order valence-electron chi connectivity index (χ4n) is 3.45. The second-order valence-corrected chi connectivity index (χ2v) is 9.49. The van der Waals surface area contributed by atoms with E-state index in [1.54, 1.807) is 0 Å². The summed E-state index contributed by atoms with van der Waals surface area (Å²) in [5, 5.41) is 3.49. The Balaban J connectivity index is 1.96. The molecule has 0 amide bonds. The summed E-state index contributed by atoms with van der Waals surface area (Å²) in [6, 6.07) is 7.77. The molecule has 3 aromatic rings. The molecule has 2 heterocycles. The van der Waals surface area contributed by atoms with E-state index in [-0.39, 0.29) is 17.2 Å². The van der Waals surface area contributed by atoms with Crippen LogP contribution in [0.2, 0.25) is 0 Å². The van der Waals surface area contributed by atoms with Crippen LogP contribution in [0, 0.1) is 11.3 Å². The van der Waals surface area contributed by atoms with Gasteiger partial charge in [-0.05, 0) is 20.8 Å². The predicted molar refractivity (Wildman–Crippen MR) is 124 cm³/mol. The van der Waals surface area contributed by atoms with Crippen molar-refractivity contribution >= 4 is 36.0 Å². The molecule has 3 rings (SSSR count). The fraction of sp³-hybridized carbons (Fsp3) is 0.435. The van der Waals surface area contributed by atoms with E-state index in [2.05, 4.69) is 50.8 Å². The normalized spacial score (nSPS) is 13.4. The number of carbonyl (C=O) groups is 1. The molecule has 2 aromatic heterocycles. The molecule has 6 heteroatoms. The van der Waals surface area contributed by atoms with Crippen molar-refractivity contribution in [2.75, 3.05) is 5.32 Å². The van der Waals surface area contributed by atoms with Gasteiger partial charge in [0.05, 0.1) is 0 Å². The zero-order chi connectivity index (χ0) is 21.6. The molecule has 1 aromatic carbocycles. The minimum atomic E-state index is -0.510. The van der Waals surface area contributed by atoms with Crippen LogP contribution in [-0.2, 0) is 7.05 Å². The Kier molecular flexibility index (Phi) is 5.33. The molecule has 29 heavy (non-hydrogen) atoms. The van der Waals surface area contributed by atoms with Gasteiger partial charge in [0, 0.05) is 5.54 Å². The number of aryl methyl sites for hydroxylation is 1. The Morgan fingerprint density at radius 3 is 2.55 bits per heavy atom. The van der Waals surface area contributed by atoms with Gasteiger partial charge in [-0.1, -0.05) is 0 Å². The molecule has 0 bridgehead atoms. The molecule has 1 unspecified atom stereocenters. The second-order valence-electron chi connectivity index (χ2n) is 9.49. The van der Waals surface area contributed by atoms with Gasteiger partial charge in [-0.3, -0.25) is 0 Å². The molecule has 0 aliphatic heterocycles. The molecule has 0 radical (unpaired) electrons. The number of hydrogen-bond donors (Lipinski definition) is 2. The van der Waals surface area contributed by atoms with Crippen molar-refractivity contribution in [3.63, 3.8) is 0 Å². The van der Waals surface area contributed by atoms with Gasteiger partial charge in [0.1, 0.15) is 0 Å². The van der Waals surface area contributed by atoms with Crippen molar-refractivity contribution in [1.82, 2.24) is 14.5 Å². The summed E-state index contributed by atoms with van der Waals surface area (Å²) in [6.45, 7) is 12.4. The Morgan fingerprint density at radius 2 is 1.93 bits per heavy atom. The number of hydrogen-bond acceptors (Lipinski definition) is 3. The van der Waals surface area contributed by atoms with Crippen molar-refractivity contribution in [2.45, 2.75) is 47.1 Å². The van der Waals surface area contributed by atoms with E-state index in [0.717, 1.165) is 28.2 Å². The van der Waals surface area contributed by atoms with Crippen molar-refractivity contribution in [3.8, 4) is 11.5 Å². The van der Waals surface area contributed by atoms with E-state index < -0.39 is 5.41 Å². The molecular weight excluding hydrogens is 359 g/mol. The van der Waals surface area contributed by atoms with Gasteiger partial charge >= 0.3 is 142 Å². The van der Waals surface area contributed by atoms with Gasteiger partial charge in [0.15, 0.2) is 0 Å². The summed E-state index contributed by atoms with van der Waals surface area (Å²) in [6.07, 6.45) is 2.06. The predicted octanol–water partition coefficient (Wildman–Crippen LogP) is 4.33. The zero-order valence-corrected chi connectivity index (χ0v) is 18.6. The first kappa shape index (κ1) is 21.1. The van der Waals surface area contributed by atoms with Crippen molar-refractivity contribution in [3.05, 3.63) is 36.0 Å². The Labute approximate surface area is 174 Å². The minimum absolute atomic E-state index is 0.0167. The Hall–Kier alpha value is -2.63. The van der Waals surface area contributed by atoms with Crippen LogP contribution in [0.3, 0.4) is 0 Å². The molecule has 0 saturated heterocycles. The number of benzene rings is 1. The second kappa shape index (κ2) is 7.32. The first-order chi connectivity index (χ1) is 13.4. The maximum absolute atomic E-state index is 13.1. The number of aromatic amines is 1. The molecular formula is C23H31BN4O. The van der Waals surface area contributed by atoms with Gasteiger partial charge < -0.3 is 5.32 Å². The van der Waals surface area contributed by atoms with Crippen molar-refractivity contribution in [2.24, 2.45) is 18.4 Å². The number of H-pyrrole nitrogens is 1. The summed E-state index contributed by atoms with van der Waals surface area (Å²) >= 11 is 0. The number of nitrogens with one attached hydrogen (secondary N) is 2. The van der Waals surface area contributed by atoms with Crippen LogP contribution in [0.5, 0.6) is 0 Å². The molecule has 5 nitrogen and oxygen atoms in total. The van der Waals surface area contributed by atoms with E-state index in [4.69, 9.17) is 4.98 Å². The van der Waals surface area contributed by atoms with Crippen LogP contribution in [0.15, 0.2) is 30.5 Å². The van der Waals surface area contributed by atoms with Crippen molar-refractivity contribution < 1.29 is 4.79 Å². The van der Waals surface area contributed by atoms with Crippen molar-refractivity contribution in [1.29, 1.82) is 0 Å². The first-order valence-corrected chi connectivity index (χ1v) is 10.0. The first-order valence-electron chi connectivity index (χ1n) is 10.0. The number of rotatable bonds is 6. The quantitative estimate of drug-likeness (QED) is 0.487. The number of fused-ring (bicyclic) bond motifs is 1. The van der Waals surface area contributed by atoms with E-state index in [1.807, 2.05) is 56.6 Å². The molecule has 1 atom stereocenters.